The Kier molecular flexibility index (Phi) is 5.58. The second-order valence-corrected chi connectivity index (χ2v) is 4.54. The summed E-state index contributed by atoms with van der Waals surface area (Å²) in [6.45, 7) is 5.92. The summed E-state index contributed by atoms with van der Waals surface area (Å²) >= 11 is 0. The molecule has 3 nitrogen and oxygen atoms in total. The molecule has 0 aliphatic heterocycles. The van der Waals surface area contributed by atoms with Crippen LogP contribution in [-0.2, 0) is 6.54 Å². The maximum atomic E-state index is 13.4. The quantitative estimate of drug-likeness (QED) is 0.831. The van der Waals surface area contributed by atoms with E-state index in [1.807, 2.05) is 38.1 Å². The van der Waals surface area contributed by atoms with Crippen LogP contribution in [0.25, 0.3) is 0 Å². The van der Waals surface area contributed by atoms with Gasteiger partial charge in [0.2, 0.25) is 0 Å². The van der Waals surface area contributed by atoms with Crippen molar-refractivity contribution in [3.8, 4) is 17.2 Å². The molecule has 112 valence electrons. The highest BCUT2D eigenvalue weighted by molar-refractivity contribution is 5.40. The molecule has 2 rings (SSSR count). The Morgan fingerprint density at radius 2 is 1.86 bits per heavy atom. The lowest BCUT2D eigenvalue weighted by Crippen LogP contribution is -2.12. The smallest absolute Gasteiger partial charge is 0.132 e. The van der Waals surface area contributed by atoms with E-state index in [0.717, 1.165) is 17.9 Å². The molecule has 0 saturated carbocycles. The minimum atomic E-state index is -0.265. The third-order valence-corrected chi connectivity index (χ3v) is 2.93. The van der Waals surface area contributed by atoms with Crippen molar-refractivity contribution < 1.29 is 13.9 Å². The number of hydrogen-bond donors (Lipinski definition) is 1. The molecule has 2 aromatic rings. The van der Waals surface area contributed by atoms with E-state index in [4.69, 9.17) is 9.47 Å². The Bertz CT molecular complexity index is 587. The summed E-state index contributed by atoms with van der Waals surface area (Å²) in [5.41, 5.74) is 0.790. The number of ether oxygens (including phenoxy) is 2. The van der Waals surface area contributed by atoms with Gasteiger partial charge in [-0.3, -0.25) is 0 Å². The first-order valence-electron chi connectivity index (χ1n) is 7.12. The highest BCUT2D eigenvalue weighted by atomic mass is 19.1. The van der Waals surface area contributed by atoms with Crippen molar-refractivity contribution in [1.82, 2.24) is 5.32 Å². The second-order valence-electron chi connectivity index (χ2n) is 4.54. The van der Waals surface area contributed by atoms with E-state index in [0.29, 0.717) is 24.7 Å². The van der Waals surface area contributed by atoms with Crippen LogP contribution in [0.15, 0.2) is 42.5 Å². The maximum absolute atomic E-state index is 13.4. The van der Waals surface area contributed by atoms with Gasteiger partial charge in [-0.1, -0.05) is 13.0 Å². The molecule has 2 aromatic carbocycles. The summed E-state index contributed by atoms with van der Waals surface area (Å²) in [6.07, 6.45) is 0. The predicted molar refractivity (Wildman–Crippen MR) is 81.5 cm³/mol. The molecule has 0 saturated heterocycles. The molecule has 21 heavy (non-hydrogen) atoms. The minimum absolute atomic E-state index is 0.265. The standard InChI is InChI=1S/C17H20FNO2/c1-3-19-12-13-10-14(18)8-9-17(13)21-16-7-5-6-15(11-16)20-4-2/h5-11,19H,3-4,12H2,1-2H3. The Balaban J connectivity index is 2.20. The number of rotatable bonds is 7. The van der Waals surface area contributed by atoms with Crippen molar-refractivity contribution in [2.45, 2.75) is 20.4 Å². The van der Waals surface area contributed by atoms with Gasteiger partial charge < -0.3 is 14.8 Å². The lowest BCUT2D eigenvalue weighted by atomic mass is 10.2. The van der Waals surface area contributed by atoms with Gasteiger partial charge in [0.05, 0.1) is 6.61 Å². The molecule has 0 unspecified atom stereocenters. The monoisotopic (exact) mass is 289 g/mol. The molecular formula is C17H20FNO2. The van der Waals surface area contributed by atoms with Crippen LogP contribution in [0.5, 0.6) is 17.2 Å². The first kappa shape index (κ1) is 15.3. The molecule has 0 atom stereocenters. The topological polar surface area (TPSA) is 30.5 Å². The fourth-order valence-corrected chi connectivity index (χ4v) is 1.97. The number of halogens is 1. The molecule has 0 heterocycles. The fourth-order valence-electron chi connectivity index (χ4n) is 1.97. The van der Waals surface area contributed by atoms with Gasteiger partial charge in [-0.05, 0) is 43.8 Å². The zero-order valence-corrected chi connectivity index (χ0v) is 12.4. The Hall–Kier alpha value is -2.07. The van der Waals surface area contributed by atoms with Crippen LogP contribution in [-0.4, -0.2) is 13.2 Å². The van der Waals surface area contributed by atoms with E-state index in [9.17, 15) is 4.39 Å². The van der Waals surface area contributed by atoms with Gasteiger partial charge in [-0.2, -0.15) is 0 Å². The van der Waals surface area contributed by atoms with Crippen molar-refractivity contribution in [2.24, 2.45) is 0 Å². The third kappa shape index (κ3) is 4.46. The lowest BCUT2D eigenvalue weighted by Gasteiger charge is -2.12. The summed E-state index contributed by atoms with van der Waals surface area (Å²) in [5, 5.41) is 3.18. The molecule has 0 aliphatic rings. The molecule has 4 heteroatoms. The zero-order valence-electron chi connectivity index (χ0n) is 12.4. The number of hydrogen-bond acceptors (Lipinski definition) is 3. The first-order chi connectivity index (χ1) is 10.2. The average molecular weight is 289 g/mol. The van der Waals surface area contributed by atoms with Gasteiger partial charge in [0, 0.05) is 18.2 Å². The normalized spacial score (nSPS) is 10.4. The summed E-state index contributed by atoms with van der Waals surface area (Å²) < 4.78 is 24.7. The Morgan fingerprint density at radius 1 is 1.05 bits per heavy atom. The predicted octanol–water partition coefficient (Wildman–Crippen LogP) is 4.13. The van der Waals surface area contributed by atoms with Crippen molar-refractivity contribution >= 4 is 0 Å². The molecule has 0 amide bonds. The summed E-state index contributed by atoms with van der Waals surface area (Å²) in [6, 6.07) is 12.0. The molecule has 0 radical (unpaired) electrons. The first-order valence-corrected chi connectivity index (χ1v) is 7.12. The van der Waals surface area contributed by atoms with Crippen LogP contribution in [0.2, 0.25) is 0 Å². The second kappa shape index (κ2) is 7.64. The number of benzene rings is 2. The Morgan fingerprint density at radius 3 is 2.62 bits per heavy atom. The van der Waals surface area contributed by atoms with Crippen molar-refractivity contribution in [2.75, 3.05) is 13.2 Å². The fraction of sp³-hybridized carbons (Fsp3) is 0.294. The largest absolute Gasteiger partial charge is 0.494 e. The number of nitrogens with one attached hydrogen (secondary N) is 1. The molecular weight excluding hydrogens is 269 g/mol. The van der Waals surface area contributed by atoms with Crippen molar-refractivity contribution in [3.63, 3.8) is 0 Å². The van der Waals surface area contributed by atoms with E-state index < -0.39 is 0 Å². The van der Waals surface area contributed by atoms with E-state index >= 15 is 0 Å². The van der Waals surface area contributed by atoms with Crippen LogP contribution in [0.4, 0.5) is 4.39 Å². The van der Waals surface area contributed by atoms with E-state index in [-0.39, 0.29) is 5.82 Å². The minimum Gasteiger partial charge on any atom is -0.494 e. The highest BCUT2D eigenvalue weighted by Gasteiger charge is 2.07. The van der Waals surface area contributed by atoms with Crippen LogP contribution in [0.3, 0.4) is 0 Å². The maximum Gasteiger partial charge on any atom is 0.132 e. The molecule has 0 fully saturated rings. The van der Waals surface area contributed by atoms with Crippen LogP contribution >= 0.6 is 0 Å². The summed E-state index contributed by atoms with van der Waals surface area (Å²) in [4.78, 5) is 0. The summed E-state index contributed by atoms with van der Waals surface area (Å²) in [5.74, 6) is 1.81. The van der Waals surface area contributed by atoms with Crippen molar-refractivity contribution in [3.05, 3.63) is 53.8 Å². The van der Waals surface area contributed by atoms with Gasteiger partial charge in [0.25, 0.3) is 0 Å². The van der Waals surface area contributed by atoms with E-state index in [2.05, 4.69) is 5.32 Å². The third-order valence-electron chi connectivity index (χ3n) is 2.93. The van der Waals surface area contributed by atoms with Gasteiger partial charge in [0.1, 0.15) is 23.1 Å². The SMILES string of the molecule is CCNCc1cc(F)ccc1Oc1cccc(OCC)c1. The molecule has 0 aliphatic carbocycles. The zero-order chi connectivity index (χ0) is 15.1. The summed E-state index contributed by atoms with van der Waals surface area (Å²) in [7, 11) is 0. The van der Waals surface area contributed by atoms with Gasteiger partial charge >= 0.3 is 0 Å². The molecule has 0 aromatic heterocycles. The van der Waals surface area contributed by atoms with Crippen LogP contribution < -0.4 is 14.8 Å². The van der Waals surface area contributed by atoms with Crippen molar-refractivity contribution in [1.29, 1.82) is 0 Å². The lowest BCUT2D eigenvalue weighted by molar-refractivity contribution is 0.338. The average Bonchev–Trinajstić information content (AvgIpc) is 2.48. The molecule has 1 N–H and O–H groups in total. The molecule has 0 spiro atoms. The van der Waals surface area contributed by atoms with Crippen LogP contribution in [0, 0.1) is 5.82 Å². The molecule has 0 bridgehead atoms. The van der Waals surface area contributed by atoms with E-state index in [1.165, 1.54) is 12.1 Å². The van der Waals surface area contributed by atoms with Gasteiger partial charge in [-0.15, -0.1) is 0 Å². The van der Waals surface area contributed by atoms with Crippen LogP contribution in [0.1, 0.15) is 19.4 Å². The van der Waals surface area contributed by atoms with E-state index in [1.54, 1.807) is 6.07 Å². The Labute approximate surface area is 124 Å². The van der Waals surface area contributed by atoms with Gasteiger partial charge in [0.15, 0.2) is 0 Å². The highest BCUT2D eigenvalue weighted by Crippen LogP contribution is 2.28. The van der Waals surface area contributed by atoms with Gasteiger partial charge in [-0.25, -0.2) is 4.39 Å².